The topological polar surface area (TPSA) is 9.23 Å². The van der Waals surface area contributed by atoms with Gasteiger partial charge in [-0.25, -0.2) is 0 Å². The number of hydrogen-bond donors (Lipinski definition) is 0. The van der Waals surface area contributed by atoms with Crippen LogP contribution in [0.15, 0.2) is 24.3 Å². The largest absolute Gasteiger partial charge is 0.493 e. The second-order valence-corrected chi connectivity index (χ2v) is 12.8. The minimum atomic E-state index is -2.32. The van der Waals surface area contributed by atoms with Crippen molar-refractivity contribution >= 4 is 34.0 Å². The van der Waals surface area contributed by atoms with E-state index in [1.165, 1.54) is 19.3 Å². The number of unbranched alkanes of at least 4 members (excludes halogenated alkanes) is 3. The van der Waals surface area contributed by atoms with E-state index in [1.54, 1.807) is 0 Å². The zero-order chi connectivity index (χ0) is 15.7. The Morgan fingerprint density at radius 3 is 2.29 bits per heavy atom. The van der Waals surface area contributed by atoms with Gasteiger partial charge < -0.3 is 4.74 Å². The van der Waals surface area contributed by atoms with E-state index in [0.29, 0.717) is 5.92 Å². The average Bonchev–Trinajstić information content (AvgIpc) is 2.49. The first-order chi connectivity index (χ1) is 9.99. The lowest BCUT2D eigenvalue weighted by atomic mass is 10.1. The Morgan fingerprint density at radius 1 is 1.05 bits per heavy atom. The maximum Gasteiger partial charge on any atom is 0.280 e. The highest BCUT2D eigenvalue weighted by Crippen LogP contribution is 2.25. The molecule has 0 unspecified atom stereocenters. The zero-order valence-electron chi connectivity index (χ0n) is 13.5. The Balaban J connectivity index is 2.51. The van der Waals surface area contributed by atoms with Gasteiger partial charge in [-0.3, -0.25) is 0 Å². The fraction of sp³-hybridized carbons (Fsp3) is 0.647. The molecule has 1 nitrogen and oxygen atoms in total. The molecule has 0 N–H and O–H groups in total. The molecular formula is C17H28Cl2OSi. The molecule has 0 aromatic heterocycles. The monoisotopic (exact) mass is 346 g/mol. The van der Waals surface area contributed by atoms with Gasteiger partial charge in [0.15, 0.2) is 0 Å². The van der Waals surface area contributed by atoms with Gasteiger partial charge >= 0.3 is 0 Å². The summed E-state index contributed by atoms with van der Waals surface area (Å²) in [5.41, 5.74) is 0. The van der Waals surface area contributed by atoms with Gasteiger partial charge in [-0.2, -0.15) is 0 Å². The van der Waals surface area contributed by atoms with E-state index in [-0.39, 0.29) is 0 Å². The molecule has 0 bridgehead atoms. The van der Waals surface area contributed by atoms with E-state index in [2.05, 4.69) is 20.8 Å². The first-order valence-electron chi connectivity index (χ1n) is 8.10. The zero-order valence-corrected chi connectivity index (χ0v) is 16.0. The van der Waals surface area contributed by atoms with Gasteiger partial charge in [0.05, 0.1) is 6.61 Å². The molecule has 0 saturated heterocycles. The van der Waals surface area contributed by atoms with Gasteiger partial charge in [0.25, 0.3) is 6.69 Å². The van der Waals surface area contributed by atoms with Crippen molar-refractivity contribution in [3.63, 3.8) is 0 Å². The summed E-state index contributed by atoms with van der Waals surface area (Å²) in [7, 11) is 0. The molecule has 0 aliphatic heterocycles. The maximum atomic E-state index is 6.61. The molecule has 0 aliphatic rings. The second kappa shape index (κ2) is 9.76. The highest BCUT2D eigenvalue weighted by molar-refractivity contribution is 7.50. The molecule has 0 radical (unpaired) electrons. The highest BCUT2D eigenvalue weighted by atomic mass is 35.7. The molecule has 0 spiro atoms. The molecule has 1 atom stereocenters. The van der Waals surface area contributed by atoms with E-state index in [9.17, 15) is 0 Å². The number of ether oxygens (including phenoxy) is 1. The van der Waals surface area contributed by atoms with Crippen molar-refractivity contribution in [2.24, 2.45) is 5.92 Å². The molecule has 120 valence electrons. The SMILES string of the molecule is CCCCCC[Si](Cl)(Cl)c1ccc(OC[C@@H](C)CC)cc1. The molecule has 0 fully saturated rings. The minimum absolute atomic E-state index is 0.581. The van der Waals surface area contributed by atoms with Crippen LogP contribution in [0.25, 0.3) is 0 Å². The van der Waals surface area contributed by atoms with Crippen LogP contribution >= 0.6 is 22.2 Å². The molecule has 0 amide bonds. The lowest BCUT2D eigenvalue weighted by Gasteiger charge is -2.18. The molecule has 1 aromatic rings. The predicted octanol–water partition coefficient (Wildman–Crippen LogP) is 5.82. The molecular weight excluding hydrogens is 319 g/mol. The van der Waals surface area contributed by atoms with Gasteiger partial charge in [-0.05, 0) is 29.3 Å². The van der Waals surface area contributed by atoms with Crippen LogP contribution in [-0.2, 0) is 0 Å². The van der Waals surface area contributed by atoms with Gasteiger partial charge in [0.1, 0.15) is 5.75 Å². The number of rotatable bonds is 10. The number of hydrogen-bond acceptors (Lipinski definition) is 1. The summed E-state index contributed by atoms with van der Waals surface area (Å²) < 4.78 is 5.77. The quantitative estimate of drug-likeness (QED) is 0.294. The third-order valence-electron chi connectivity index (χ3n) is 3.85. The third-order valence-corrected chi connectivity index (χ3v) is 8.46. The molecule has 0 aliphatic carbocycles. The van der Waals surface area contributed by atoms with Gasteiger partial charge in [0.2, 0.25) is 0 Å². The Labute approximate surface area is 140 Å². The van der Waals surface area contributed by atoms with E-state index < -0.39 is 6.69 Å². The Kier molecular flexibility index (Phi) is 8.76. The fourth-order valence-corrected chi connectivity index (χ4v) is 5.26. The van der Waals surface area contributed by atoms with Gasteiger partial charge in [-0.15, -0.1) is 22.2 Å². The van der Waals surface area contributed by atoms with Crippen molar-refractivity contribution in [3.05, 3.63) is 24.3 Å². The number of benzene rings is 1. The Morgan fingerprint density at radius 2 is 1.71 bits per heavy atom. The van der Waals surface area contributed by atoms with Crippen LogP contribution in [0, 0.1) is 5.92 Å². The summed E-state index contributed by atoms with van der Waals surface area (Å²) in [5.74, 6) is 1.49. The van der Waals surface area contributed by atoms with Crippen LogP contribution in [-0.4, -0.2) is 13.3 Å². The average molecular weight is 347 g/mol. The van der Waals surface area contributed by atoms with Crippen molar-refractivity contribution < 1.29 is 4.74 Å². The second-order valence-electron chi connectivity index (χ2n) is 5.86. The van der Waals surface area contributed by atoms with Gasteiger partial charge in [0, 0.05) is 0 Å². The van der Waals surface area contributed by atoms with Crippen LogP contribution in [0.1, 0.15) is 52.9 Å². The van der Waals surface area contributed by atoms with Crippen molar-refractivity contribution in [3.8, 4) is 5.75 Å². The normalized spacial score (nSPS) is 13.2. The fourth-order valence-electron chi connectivity index (χ4n) is 2.07. The molecule has 1 rings (SSSR count). The van der Waals surface area contributed by atoms with Gasteiger partial charge in [-0.1, -0.05) is 65.0 Å². The first kappa shape index (κ1) is 18.9. The summed E-state index contributed by atoms with van der Waals surface area (Å²) in [4.78, 5) is 0. The van der Waals surface area contributed by atoms with Crippen LogP contribution in [0.3, 0.4) is 0 Å². The summed E-state index contributed by atoms with van der Waals surface area (Å²) >= 11 is 13.2. The summed E-state index contributed by atoms with van der Waals surface area (Å²) in [6.45, 7) is 5.03. The number of halogens is 2. The Hall–Kier alpha value is -0.183. The van der Waals surface area contributed by atoms with Crippen LogP contribution in [0.4, 0.5) is 0 Å². The standard InChI is InChI=1S/C17H28Cl2OSi/c1-4-6-7-8-13-21(18,19)17-11-9-16(10-12-17)20-14-15(3)5-2/h9-12,15H,4-8,13-14H2,1-3H3/t15-/m0/s1. The summed E-state index contributed by atoms with van der Waals surface area (Å²) in [6, 6.07) is 9.01. The van der Waals surface area contributed by atoms with Crippen LogP contribution in [0.2, 0.25) is 6.04 Å². The third kappa shape index (κ3) is 7.08. The molecule has 1 aromatic carbocycles. The highest BCUT2D eigenvalue weighted by Gasteiger charge is 2.30. The smallest absolute Gasteiger partial charge is 0.280 e. The van der Waals surface area contributed by atoms with Crippen molar-refractivity contribution in [1.29, 1.82) is 0 Å². The van der Waals surface area contributed by atoms with Crippen molar-refractivity contribution in [1.82, 2.24) is 0 Å². The minimum Gasteiger partial charge on any atom is -0.493 e. The summed E-state index contributed by atoms with van der Waals surface area (Å²) in [6.07, 6.45) is 5.98. The molecule has 21 heavy (non-hydrogen) atoms. The maximum absolute atomic E-state index is 6.61. The van der Waals surface area contributed by atoms with E-state index in [1.807, 2.05) is 24.3 Å². The summed E-state index contributed by atoms with van der Waals surface area (Å²) in [5, 5.41) is 1.10. The molecule has 0 heterocycles. The molecule has 4 heteroatoms. The van der Waals surface area contributed by atoms with Crippen molar-refractivity contribution in [2.75, 3.05) is 6.61 Å². The predicted molar refractivity (Wildman–Crippen MR) is 97.4 cm³/mol. The van der Waals surface area contributed by atoms with E-state index in [0.717, 1.165) is 36.4 Å². The van der Waals surface area contributed by atoms with Crippen LogP contribution in [0.5, 0.6) is 5.75 Å². The van der Waals surface area contributed by atoms with E-state index >= 15 is 0 Å². The van der Waals surface area contributed by atoms with E-state index in [4.69, 9.17) is 26.9 Å². The lowest BCUT2D eigenvalue weighted by molar-refractivity contribution is 0.256. The van der Waals surface area contributed by atoms with Crippen molar-refractivity contribution in [2.45, 2.75) is 58.9 Å². The Bertz CT molecular complexity index is 392. The van der Waals surface area contributed by atoms with Crippen LogP contribution < -0.4 is 9.92 Å². The lowest BCUT2D eigenvalue weighted by Crippen LogP contribution is -2.36. The first-order valence-corrected chi connectivity index (χ1v) is 12.3. The molecule has 0 saturated carbocycles.